The van der Waals surface area contributed by atoms with Crippen LogP contribution in [0, 0.1) is 0 Å². The molecule has 1 aliphatic rings. The van der Waals surface area contributed by atoms with Crippen molar-refractivity contribution >= 4 is 38.7 Å². The van der Waals surface area contributed by atoms with Crippen molar-refractivity contribution in [3.05, 3.63) is 108 Å². The van der Waals surface area contributed by atoms with Crippen LogP contribution in [-0.2, 0) is 10.8 Å². The monoisotopic (exact) mass is 474 g/mol. The quantitative estimate of drug-likeness (QED) is 0.303. The highest BCUT2D eigenvalue weighted by molar-refractivity contribution is 7.88. The SMILES string of the molecule is O=S1C=Cc2nn(-c3cccc(Oc4ccc5c6ccccc6n(-c6ccccn6)c5c4)c3)cc21. The molecule has 1 atom stereocenters. The number of hydrogen-bond acceptors (Lipinski definition) is 4. The van der Waals surface area contributed by atoms with Gasteiger partial charge in [0, 0.05) is 40.7 Å². The minimum Gasteiger partial charge on any atom is -0.457 e. The van der Waals surface area contributed by atoms with Gasteiger partial charge in [-0.05, 0) is 48.5 Å². The molecule has 0 N–H and O–H groups in total. The molecule has 7 rings (SSSR count). The van der Waals surface area contributed by atoms with Gasteiger partial charge in [-0.25, -0.2) is 13.9 Å². The molecule has 168 valence electrons. The molecular formula is C28H18N4O2S. The summed E-state index contributed by atoms with van der Waals surface area (Å²) >= 11 is 0. The van der Waals surface area contributed by atoms with Gasteiger partial charge in [-0.2, -0.15) is 5.10 Å². The second-order valence-corrected chi connectivity index (χ2v) is 9.55. The van der Waals surface area contributed by atoms with Crippen molar-refractivity contribution in [1.82, 2.24) is 19.3 Å². The number of para-hydroxylation sites is 1. The van der Waals surface area contributed by atoms with Crippen LogP contribution in [0.25, 0.3) is 39.4 Å². The van der Waals surface area contributed by atoms with Gasteiger partial charge in [-0.15, -0.1) is 0 Å². The van der Waals surface area contributed by atoms with Crippen molar-refractivity contribution in [1.29, 1.82) is 0 Å². The van der Waals surface area contributed by atoms with E-state index in [-0.39, 0.29) is 0 Å². The molecular weight excluding hydrogens is 456 g/mol. The molecule has 35 heavy (non-hydrogen) atoms. The van der Waals surface area contributed by atoms with E-state index in [1.54, 1.807) is 22.4 Å². The fourth-order valence-electron chi connectivity index (χ4n) is 4.55. The third-order valence-electron chi connectivity index (χ3n) is 6.12. The number of hydrogen-bond donors (Lipinski definition) is 0. The molecule has 0 spiro atoms. The molecule has 3 aromatic heterocycles. The third kappa shape index (κ3) is 3.28. The zero-order valence-electron chi connectivity index (χ0n) is 18.4. The summed E-state index contributed by atoms with van der Waals surface area (Å²) in [4.78, 5) is 5.32. The molecule has 0 fully saturated rings. The molecule has 0 saturated carbocycles. The van der Waals surface area contributed by atoms with E-state index in [4.69, 9.17) is 4.74 Å². The Labute approximate surface area is 203 Å². The summed E-state index contributed by atoms with van der Waals surface area (Å²) in [5, 5.41) is 8.50. The van der Waals surface area contributed by atoms with Crippen molar-refractivity contribution in [3.63, 3.8) is 0 Å². The van der Waals surface area contributed by atoms with E-state index >= 15 is 0 Å². The van der Waals surface area contributed by atoms with E-state index in [1.807, 2.05) is 66.9 Å². The van der Waals surface area contributed by atoms with Crippen molar-refractivity contribution in [2.45, 2.75) is 4.90 Å². The number of nitrogens with zero attached hydrogens (tertiary/aromatic N) is 4. The largest absolute Gasteiger partial charge is 0.457 e. The summed E-state index contributed by atoms with van der Waals surface area (Å²) in [6.07, 6.45) is 5.40. The number of rotatable bonds is 4. The third-order valence-corrected chi connectivity index (χ3v) is 7.25. The van der Waals surface area contributed by atoms with E-state index < -0.39 is 10.8 Å². The predicted octanol–water partition coefficient (Wildman–Crippen LogP) is 6.25. The lowest BCUT2D eigenvalue weighted by Crippen LogP contribution is -1.97. The van der Waals surface area contributed by atoms with Crippen LogP contribution in [-0.4, -0.2) is 23.5 Å². The number of fused-ring (bicyclic) bond motifs is 4. The molecule has 4 heterocycles. The van der Waals surface area contributed by atoms with Crippen molar-refractivity contribution in [2.75, 3.05) is 0 Å². The minimum atomic E-state index is -1.13. The first-order valence-corrected chi connectivity index (χ1v) is 12.4. The molecule has 0 radical (unpaired) electrons. The topological polar surface area (TPSA) is 61.9 Å². The number of ether oxygens (including phenoxy) is 1. The second kappa shape index (κ2) is 7.78. The van der Waals surface area contributed by atoms with E-state index in [0.717, 1.165) is 44.3 Å². The van der Waals surface area contributed by atoms with Gasteiger partial charge in [-0.3, -0.25) is 4.57 Å². The molecule has 1 unspecified atom stereocenters. The highest BCUT2D eigenvalue weighted by Crippen LogP contribution is 2.35. The molecule has 6 aromatic rings. The first kappa shape index (κ1) is 19.9. The Hall–Kier alpha value is -4.49. The van der Waals surface area contributed by atoms with Crippen LogP contribution in [0.1, 0.15) is 5.69 Å². The Bertz CT molecular complexity index is 1800. The van der Waals surface area contributed by atoms with Gasteiger partial charge >= 0.3 is 0 Å². The molecule has 3 aromatic carbocycles. The maximum absolute atomic E-state index is 12.1. The molecule has 7 heteroatoms. The first-order chi connectivity index (χ1) is 17.2. The molecule has 0 aliphatic carbocycles. The molecule has 1 aliphatic heterocycles. The molecule has 0 bridgehead atoms. The first-order valence-electron chi connectivity index (χ1n) is 11.2. The van der Waals surface area contributed by atoms with Gasteiger partial charge in [0.2, 0.25) is 0 Å². The van der Waals surface area contributed by atoms with E-state index in [9.17, 15) is 4.21 Å². The summed E-state index contributed by atoms with van der Waals surface area (Å²) < 4.78 is 22.2. The average Bonchev–Trinajstić information content (AvgIpc) is 3.57. The summed E-state index contributed by atoms with van der Waals surface area (Å²) in [5.74, 6) is 2.27. The van der Waals surface area contributed by atoms with E-state index in [2.05, 4.69) is 38.9 Å². The highest BCUT2D eigenvalue weighted by Gasteiger charge is 2.18. The average molecular weight is 475 g/mol. The van der Waals surface area contributed by atoms with E-state index in [1.165, 1.54) is 5.39 Å². The fourth-order valence-corrected chi connectivity index (χ4v) is 5.46. The normalized spacial score (nSPS) is 14.6. The van der Waals surface area contributed by atoms with Gasteiger partial charge in [0.25, 0.3) is 0 Å². The summed E-state index contributed by atoms with van der Waals surface area (Å²) in [7, 11) is -1.13. The van der Waals surface area contributed by atoms with Gasteiger partial charge in [0.05, 0.1) is 32.4 Å². The van der Waals surface area contributed by atoms with Crippen LogP contribution in [0.15, 0.2) is 108 Å². The Morgan fingerprint density at radius 3 is 2.54 bits per heavy atom. The minimum absolute atomic E-state index is 0.690. The van der Waals surface area contributed by atoms with Crippen LogP contribution >= 0.6 is 0 Å². The Morgan fingerprint density at radius 2 is 1.66 bits per heavy atom. The predicted molar refractivity (Wildman–Crippen MR) is 138 cm³/mol. The number of benzene rings is 3. The van der Waals surface area contributed by atoms with Gasteiger partial charge in [0.15, 0.2) is 0 Å². The zero-order valence-corrected chi connectivity index (χ0v) is 19.2. The lowest BCUT2D eigenvalue weighted by atomic mass is 10.1. The van der Waals surface area contributed by atoms with Crippen molar-refractivity contribution in [2.24, 2.45) is 0 Å². The van der Waals surface area contributed by atoms with Gasteiger partial charge in [-0.1, -0.05) is 30.3 Å². The van der Waals surface area contributed by atoms with Gasteiger partial charge in [0.1, 0.15) is 23.0 Å². The Morgan fingerprint density at radius 1 is 0.800 bits per heavy atom. The van der Waals surface area contributed by atoms with Crippen molar-refractivity contribution in [3.8, 4) is 23.0 Å². The number of pyridine rings is 1. The smallest absolute Gasteiger partial charge is 0.137 e. The maximum Gasteiger partial charge on any atom is 0.137 e. The Kier molecular flexibility index (Phi) is 4.43. The van der Waals surface area contributed by atoms with Crippen molar-refractivity contribution < 1.29 is 8.95 Å². The highest BCUT2D eigenvalue weighted by atomic mass is 32.2. The standard InChI is InChI=1S/C28H18N4O2S/c33-35-15-13-24-27(35)18-31(30-24)19-6-5-7-20(16-19)34-21-11-12-23-22-8-1-2-9-25(22)32(26(23)17-21)28-10-3-4-14-29-28/h1-18H. The second-order valence-electron chi connectivity index (χ2n) is 8.24. The zero-order chi connectivity index (χ0) is 23.4. The summed E-state index contributed by atoms with van der Waals surface area (Å²) in [6, 6.07) is 28.1. The summed E-state index contributed by atoms with van der Waals surface area (Å²) in [5.41, 5.74) is 3.70. The van der Waals surface area contributed by atoms with Crippen LogP contribution in [0.3, 0.4) is 0 Å². The molecule has 0 amide bonds. The van der Waals surface area contributed by atoms with Crippen LogP contribution in [0.2, 0.25) is 0 Å². The van der Waals surface area contributed by atoms with Crippen LogP contribution in [0.4, 0.5) is 0 Å². The maximum atomic E-state index is 12.1. The fraction of sp³-hybridized carbons (Fsp3) is 0. The van der Waals surface area contributed by atoms with Crippen LogP contribution < -0.4 is 4.74 Å². The Balaban J connectivity index is 1.30. The number of aromatic nitrogens is 4. The molecule has 0 saturated heterocycles. The van der Waals surface area contributed by atoms with Crippen LogP contribution in [0.5, 0.6) is 11.5 Å². The molecule has 6 nitrogen and oxygen atoms in total. The van der Waals surface area contributed by atoms with Gasteiger partial charge < -0.3 is 4.74 Å². The van der Waals surface area contributed by atoms with E-state index in [0.29, 0.717) is 5.75 Å². The lowest BCUT2D eigenvalue weighted by molar-refractivity contribution is 0.483. The summed E-state index contributed by atoms with van der Waals surface area (Å²) in [6.45, 7) is 0. The lowest BCUT2D eigenvalue weighted by Gasteiger charge is -2.10.